The van der Waals surface area contributed by atoms with E-state index in [0.717, 1.165) is 6.07 Å². The first-order valence-corrected chi connectivity index (χ1v) is 10.9. The zero-order chi connectivity index (χ0) is 26.0. The highest BCUT2D eigenvalue weighted by atomic mass is 35.5. The summed E-state index contributed by atoms with van der Waals surface area (Å²) in [6.45, 7) is 6.69. The molecule has 0 atom stereocenters. The van der Waals surface area contributed by atoms with Crippen molar-refractivity contribution < 1.29 is 18.7 Å². The molecule has 4 heterocycles. The van der Waals surface area contributed by atoms with Crippen molar-refractivity contribution in [2.24, 2.45) is 0 Å². The molecular weight excluding hydrogens is 493 g/mol. The maximum atomic E-state index is 14.3. The predicted molar refractivity (Wildman–Crippen MR) is 128 cm³/mol. The van der Waals surface area contributed by atoms with Gasteiger partial charge < -0.3 is 10.1 Å². The van der Waals surface area contributed by atoms with Crippen molar-refractivity contribution in [2.75, 3.05) is 10.6 Å². The van der Waals surface area contributed by atoms with Crippen LogP contribution in [0.2, 0.25) is 5.02 Å². The minimum atomic E-state index is -0.857. The third kappa shape index (κ3) is 5.46. The number of ether oxygens (including phenoxy) is 1. The lowest BCUT2D eigenvalue weighted by molar-refractivity contribution is 0.0634. The minimum absolute atomic E-state index is 0.180. The predicted octanol–water partition coefficient (Wildman–Crippen LogP) is 3.94. The van der Waals surface area contributed by atoms with Crippen LogP contribution in [0.5, 0.6) is 0 Å². The zero-order valence-corrected chi connectivity index (χ0v) is 20.4. The number of carbonyl (C=O) groups is 2. The molecule has 0 fully saturated rings. The van der Waals surface area contributed by atoms with E-state index in [4.69, 9.17) is 16.3 Å². The first kappa shape index (κ1) is 24.7. The highest BCUT2D eigenvalue weighted by Crippen LogP contribution is 2.22. The normalized spacial score (nSPS) is 11.3. The van der Waals surface area contributed by atoms with Gasteiger partial charge in [0, 0.05) is 0 Å². The van der Waals surface area contributed by atoms with Gasteiger partial charge in [0.15, 0.2) is 23.3 Å². The molecular formula is C22H21ClFN9O3. The van der Waals surface area contributed by atoms with E-state index < -0.39 is 23.4 Å². The number of hydrogen-bond acceptors (Lipinski definition) is 8. The number of nitrogens with zero attached hydrogens (tertiary/aromatic N) is 7. The Kier molecular flexibility index (Phi) is 6.66. The molecule has 0 aliphatic rings. The van der Waals surface area contributed by atoms with Crippen LogP contribution in [0.1, 0.15) is 36.8 Å². The van der Waals surface area contributed by atoms with Crippen LogP contribution >= 0.6 is 11.6 Å². The molecule has 14 heteroatoms. The van der Waals surface area contributed by atoms with E-state index in [0.29, 0.717) is 17.2 Å². The molecule has 4 aromatic rings. The van der Waals surface area contributed by atoms with Crippen molar-refractivity contribution in [3.63, 3.8) is 0 Å². The summed E-state index contributed by atoms with van der Waals surface area (Å²) in [5.41, 5.74) is 0.231. The Hall–Kier alpha value is -4.39. The summed E-state index contributed by atoms with van der Waals surface area (Å²) >= 11 is 6.26. The van der Waals surface area contributed by atoms with Crippen LogP contribution in [0.3, 0.4) is 0 Å². The average molecular weight is 514 g/mol. The second-order valence-corrected chi connectivity index (χ2v) is 8.89. The van der Waals surface area contributed by atoms with Gasteiger partial charge in [-0.3, -0.25) is 10.1 Å². The van der Waals surface area contributed by atoms with E-state index in [1.807, 2.05) is 0 Å². The van der Waals surface area contributed by atoms with Crippen LogP contribution in [0.25, 0.3) is 11.6 Å². The number of rotatable bonds is 5. The van der Waals surface area contributed by atoms with Gasteiger partial charge >= 0.3 is 6.09 Å². The van der Waals surface area contributed by atoms with Gasteiger partial charge in [-0.2, -0.15) is 15.3 Å². The quantitative estimate of drug-likeness (QED) is 0.408. The van der Waals surface area contributed by atoms with E-state index in [9.17, 15) is 14.0 Å². The Bertz CT molecular complexity index is 1430. The van der Waals surface area contributed by atoms with Gasteiger partial charge in [0.1, 0.15) is 5.60 Å². The fraction of sp³-hybridized carbons (Fsp3) is 0.227. The van der Waals surface area contributed by atoms with Gasteiger partial charge in [-0.15, -0.1) is 4.80 Å². The molecule has 0 saturated heterocycles. The number of aromatic nitrogens is 7. The molecule has 0 aliphatic carbocycles. The van der Waals surface area contributed by atoms with Crippen molar-refractivity contribution in [3.05, 3.63) is 65.1 Å². The van der Waals surface area contributed by atoms with Crippen LogP contribution in [-0.2, 0) is 4.74 Å². The molecule has 0 radical (unpaired) electrons. The molecule has 4 aromatic heterocycles. The summed E-state index contributed by atoms with van der Waals surface area (Å²) in [5.74, 6) is -1.09. The standard InChI is InChI=1S/C22H21ClFN9O3/c1-12-14(20(34)29-13-9-15(23)19(25-10-13)33-26-7-8-27-33)11-28-32(12)17-6-5-16(24)18(30-17)31-21(35)36-22(2,3)4/h5-11H,1-4H3,(H,29,34)(H,30,31,35). The van der Waals surface area contributed by atoms with Crippen LogP contribution in [0.15, 0.2) is 43.0 Å². The van der Waals surface area contributed by atoms with Crippen LogP contribution in [0.4, 0.5) is 20.7 Å². The highest BCUT2D eigenvalue weighted by Gasteiger charge is 2.20. The van der Waals surface area contributed by atoms with Gasteiger partial charge in [-0.05, 0) is 45.9 Å². The molecule has 0 bridgehead atoms. The Morgan fingerprint density at radius 3 is 2.47 bits per heavy atom. The largest absolute Gasteiger partial charge is 0.444 e. The second kappa shape index (κ2) is 9.70. The molecule has 186 valence electrons. The zero-order valence-electron chi connectivity index (χ0n) is 19.7. The molecule has 12 nitrogen and oxygen atoms in total. The van der Waals surface area contributed by atoms with Crippen molar-refractivity contribution in [2.45, 2.75) is 33.3 Å². The molecule has 0 spiro atoms. The number of nitrogens with one attached hydrogen (secondary N) is 2. The van der Waals surface area contributed by atoms with E-state index in [1.165, 1.54) is 46.4 Å². The fourth-order valence-electron chi connectivity index (χ4n) is 3.07. The number of amides is 2. The third-order valence-corrected chi connectivity index (χ3v) is 4.89. The molecule has 0 unspecified atom stereocenters. The lowest BCUT2D eigenvalue weighted by Gasteiger charge is -2.19. The van der Waals surface area contributed by atoms with E-state index in [1.54, 1.807) is 27.7 Å². The van der Waals surface area contributed by atoms with E-state index in [-0.39, 0.29) is 22.2 Å². The van der Waals surface area contributed by atoms with Gasteiger partial charge in [-0.1, -0.05) is 11.6 Å². The third-order valence-electron chi connectivity index (χ3n) is 4.61. The smallest absolute Gasteiger partial charge is 0.413 e. The summed E-state index contributed by atoms with van der Waals surface area (Å²) in [6, 6.07) is 4.00. The number of anilines is 2. The van der Waals surface area contributed by atoms with Gasteiger partial charge in [0.25, 0.3) is 5.91 Å². The SMILES string of the molecule is Cc1c(C(=O)Nc2cnc(-n3nccn3)c(Cl)c2)cnn1-c1ccc(F)c(NC(=O)OC(C)(C)C)n1. The van der Waals surface area contributed by atoms with Crippen LogP contribution in [-0.4, -0.2) is 52.3 Å². The molecule has 2 amide bonds. The number of halogens is 2. The molecule has 4 rings (SSSR count). The van der Waals surface area contributed by atoms with E-state index >= 15 is 0 Å². The van der Waals surface area contributed by atoms with Crippen LogP contribution < -0.4 is 10.6 Å². The topological polar surface area (TPSA) is 142 Å². The van der Waals surface area contributed by atoms with Crippen molar-refractivity contribution in [1.82, 2.24) is 34.7 Å². The summed E-state index contributed by atoms with van der Waals surface area (Å²) in [4.78, 5) is 34.5. The maximum Gasteiger partial charge on any atom is 0.413 e. The van der Waals surface area contributed by atoms with Crippen molar-refractivity contribution in [1.29, 1.82) is 0 Å². The second-order valence-electron chi connectivity index (χ2n) is 8.48. The molecule has 2 N–H and O–H groups in total. The first-order valence-electron chi connectivity index (χ1n) is 10.6. The summed E-state index contributed by atoms with van der Waals surface area (Å²) in [5, 5.41) is 17.3. The Labute approximate surface area is 209 Å². The Balaban J connectivity index is 1.53. The van der Waals surface area contributed by atoms with Gasteiger partial charge in [0.05, 0.1) is 46.8 Å². The number of pyridine rings is 2. The van der Waals surface area contributed by atoms with Crippen LogP contribution in [0, 0.1) is 12.7 Å². The maximum absolute atomic E-state index is 14.3. The average Bonchev–Trinajstić information content (AvgIpc) is 3.44. The lowest BCUT2D eigenvalue weighted by Crippen LogP contribution is -2.28. The summed E-state index contributed by atoms with van der Waals surface area (Å²) in [6.07, 6.45) is 4.87. The monoisotopic (exact) mass is 513 g/mol. The first-order chi connectivity index (χ1) is 17.0. The fourth-order valence-corrected chi connectivity index (χ4v) is 3.31. The van der Waals surface area contributed by atoms with Gasteiger partial charge in [-0.25, -0.2) is 23.8 Å². The van der Waals surface area contributed by atoms with Gasteiger partial charge in [0.2, 0.25) is 0 Å². The van der Waals surface area contributed by atoms with E-state index in [2.05, 4.69) is 35.9 Å². The van der Waals surface area contributed by atoms with Crippen molar-refractivity contribution >= 4 is 35.1 Å². The summed E-state index contributed by atoms with van der Waals surface area (Å²) in [7, 11) is 0. The number of hydrogen-bond donors (Lipinski definition) is 2. The molecule has 0 aromatic carbocycles. The Morgan fingerprint density at radius 2 is 1.81 bits per heavy atom. The molecule has 0 saturated carbocycles. The Morgan fingerprint density at radius 1 is 1.08 bits per heavy atom. The molecule has 0 aliphatic heterocycles. The minimum Gasteiger partial charge on any atom is -0.444 e. The summed E-state index contributed by atoms with van der Waals surface area (Å²) < 4.78 is 20.7. The number of carbonyl (C=O) groups excluding carboxylic acids is 2. The lowest BCUT2D eigenvalue weighted by atomic mass is 10.2. The molecule has 36 heavy (non-hydrogen) atoms. The van der Waals surface area contributed by atoms with Crippen molar-refractivity contribution in [3.8, 4) is 11.6 Å². The highest BCUT2D eigenvalue weighted by molar-refractivity contribution is 6.32.